The van der Waals surface area contributed by atoms with Gasteiger partial charge in [0.25, 0.3) is 0 Å². The van der Waals surface area contributed by atoms with Crippen LogP contribution in [-0.4, -0.2) is 28.1 Å². The molecular weight excluding hydrogens is 462 g/mol. The minimum atomic E-state index is -0.505. The smallest absolute Gasteiger partial charge is 0.402 e. The first-order chi connectivity index (χ1) is 16.1. The molecule has 0 atom stereocenters. The van der Waals surface area contributed by atoms with Crippen LogP contribution in [0, 0.1) is 6.92 Å². The monoisotopic (exact) mass is 496 g/mol. The number of nitrogens with zero attached hydrogens (tertiary/aromatic N) is 2. The number of aromatic nitrogens is 3. The Balaban J connectivity index is 1.54. The fourth-order valence-electron chi connectivity index (χ4n) is 5.67. The third-order valence-electron chi connectivity index (χ3n) is 7.71. The molecule has 2 heterocycles. The maximum atomic E-state index is 13.1. The van der Waals surface area contributed by atoms with Gasteiger partial charge in [-0.3, -0.25) is 4.79 Å². The third kappa shape index (κ3) is 3.76. The van der Waals surface area contributed by atoms with Crippen molar-refractivity contribution in [3.05, 3.63) is 46.8 Å². The Morgan fingerprint density at radius 2 is 1.82 bits per heavy atom. The van der Waals surface area contributed by atoms with E-state index in [0.717, 1.165) is 50.4 Å². The maximum absolute atomic E-state index is 13.1. The third-order valence-corrected chi connectivity index (χ3v) is 10.6. The normalized spacial score (nSPS) is 19.2. The average molecular weight is 497 g/mol. The van der Waals surface area contributed by atoms with Crippen LogP contribution < -0.4 is 9.30 Å². The van der Waals surface area contributed by atoms with E-state index in [0.29, 0.717) is 0 Å². The summed E-state index contributed by atoms with van der Waals surface area (Å²) in [6.07, 6.45) is 7.43. The molecule has 5 nitrogen and oxygen atoms in total. The first-order valence-electron chi connectivity index (χ1n) is 12.1. The summed E-state index contributed by atoms with van der Waals surface area (Å²) in [5.41, 5.74) is 5.38. The molecule has 2 aliphatic rings. The van der Waals surface area contributed by atoms with E-state index >= 15 is 0 Å². The highest BCUT2D eigenvalue weighted by Gasteiger charge is 2.50. The predicted molar refractivity (Wildman–Crippen MR) is 141 cm³/mol. The topological polar surface area (TPSA) is 58.9 Å². The molecule has 1 saturated carbocycles. The summed E-state index contributed by atoms with van der Waals surface area (Å²) >= 11 is 0. The Morgan fingerprint density at radius 1 is 1.15 bits per heavy atom. The van der Waals surface area contributed by atoms with Crippen molar-refractivity contribution in [2.45, 2.75) is 82.1 Å². The van der Waals surface area contributed by atoms with Crippen molar-refractivity contribution in [1.29, 1.82) is 0 Å². The van der Waals surface area contributed by atoms with Crippen molar-refractivity contribution in [3.8, 4) is 11.7 Å². The Kier molecular flexibility index (Phi) is 6.00. The van der Waals surface area contributed by atoms with Gasteiger partial charge in [-0.15, -0.1) is 0 Å². The van der Waals surface area contributed by atoms with Crippen LogP contribution in [0.2, 0.25) is 0 Å². The van der Waals surface area contributed by atoms with Gasteiger partial charge in [-0.2, -0.15) is 0 Å². The van der Waals surface area contributed by atoms with Crippen LogP contribution in [0.5, 0.6) is 5.75 Å². The van der Waals surface area contributed by atoms with Crippen LogP contribution in [0.3, 0.4) is 0 Å². The standard InChI is InChI=1S/C27H34N3O2S2/c1-16-22(15-33-34-17-9-7-8-10-17)30(12-11-23(16)32-6)25-28-20-13-18-19(14-21(20)29-25)27(4,5)24(31)26(18,2)3/h11-14,17H,7-10,15H2,1-6H3,(H,28,29)/q+1. The number of H-pyrrole nitrogens is 1. The Bertz CT molecular complexity index is 1220. The number of benzene rings is 1. The van der Waals surface area contributed by atoms with Crippen molar-refractivity contribution in [2.75, 3.05) is 7.11 Å². The molecule has 3 aromatic rings. The average Bonchev–Trinajstić information content (AvgIpc) is 3.50. The van der Waals surface area contributed by atoms with Gasteiger partial charge in [0.1, 0.15) is 17.0 Å². The number of carbonyl (C=O) groups excluding carboxylic acids is 1. The summed E-state index contributed by atoms with van der Waals surface area (Å²) in [7, 11) is 5.68. The van der Waals surface area contributed by atoms with Gasteiger partial charge in [-0.25, -0.2) is 9.55 Å². The van der Waals surface area contributed by atoms with Crippen LogP contribution in [-0.2, 0) is 21.4 Å². The zero-order chi connectivity index (χ0) is 24.3. The lowest BCUT2D eigenvalue weighted by Gasteiger charge is -2.21. The molecule has 2 aromatic heterocycles. The largest absolute Gasteiger partial charge is 0.496 e. The second-order valence-electron chi connectivity index (χ2n) is 10.6. The van der Waals surface area contributed by atoms with Crippen molar-refractivity contribution < 1.29 is 14.1 Å². The summed E-state index contributed by atoms with van der Waals surface area (Å²) in [4.78, 5) is 21.6. The van der Waals surface area contributed by atoms with Gasteiger partial charge < -0.3 is 4.74 Å². The lowest BCUT2D eigenvalue weighted by molar-refractivity contribution is -0.610. The second-order valence-corrected chi connectivity index (χ2v) is 13.3. The number of rotatable bonds is 6. The Hall–Kier alpha value is -1.99. The quantitative estimate of drug-likeness (QED) is 0.329. The molecule has 2 aliphatic carbocycles. The first-order valence-corrected chi connectivity index (χ1v) is 14.5. The highest BCUT2D eigenvalue weighted by molar-refractivity contribution is 8.76. The molecule has 34 heavy (non-hydrogen) atoms. The van der Waals surface area contributed by atoms with Gasteiger partial charge in [0.15, 0.2) is 11.3 Å². The van der Waals surface area contributed by atoms with Gasteiger partial charge >= 0.3 is 5.95 Å². The van der Waals surface area contributed by atoms with Crippen molar-refractivity contribution in [2.24, 2.45) is 0 Å². The lowest BCUT2D eigenvalue weighted by Crippen LogP contribution is -2.37. The van der Waals surface area contributed by atoms with Crippen molar-refractivity contribution >= 4 is 38.4 Å². The van der Waals surface area contributed by atoms with E-state index in [1.165, 1.54) is 31.4 Å². The molecule has 0 aliphatic heterocycles. The summed E-state index contributed by atoms with van der Waals surface area (Å²) in [6, 6.07) is 6.25. The number of methoxy groups -OCH3 is 1. The summed E-state index contributed by atoms with van der Waals surface area (Å²) in [5, 5.41) is 0.771. The highest BCUT2D eigenvalue weighted by Crippen LogP contribution is 2.47. The van der Waals surface area contributed by atoms with Crippen molar-refractivity contribution in [1.82, 2.24) is 9.97 Å². The fraction of sp³-hybridized carbons (Fsp3) is 0.519. The maximum Gasteiger partial charge on any atom is 0.402 e. The molecule has 5 rings (SSSR count). The van der Waals surface area contributed by atoms with E-state index in [4.69, 9.17) is 9.72 Å². The molecule has 7 heteroatoms. The molecule has 0 bridgehead atoms. The number of fused-ring (bicyclic) bond motifs is 2. The van der Waals surface area contributed by atoms with Crippen LogP contribution in [0.1, 0.15) is 75.8 Å². The van der Waals surface area contributed by atoms with E-state index in [-0.39, 0.29) is 5.78 Å². The summed E-state index contributed by atoms with van der Waals surface area (Å²) < 4.78 is 7.79. The molecule has 1 fully saturated rings. The predicted octanol–water partition coefficient (Wildman–Crippen LogP) is 6.12. The molecule has 0 amide bonds. The molecule has 1 N–H and O–H groups in total. The molecular formula is C27H34N3O2S2+. The molecule has 0 spiro atoms. The van der Waals surface area contributed by atoms with E-state index in [1.54, 1.807) is 7.11 Å². The van der Waals surface area contributed by atoms with Crippen LogP contribution in [0.4, 0.5) is 0 Å². The molecule has 180 valence electrons. The Morgan fingerprint density at radius 3 is 2.50 bits per heavy atom. The molecule has 1 aromatic carbocycles. The number of nitrogens with one attached hydrogen (secondary N) is 1. The number of hydrogen-bond donors (Lipinski definition) is 1. The Labute approximate surface area is 209 Å². The second kappa shape index (κ2) is 8.59. The number of Topliss-reactive ketones (excluding diaryl/α,β-unsaturated/α-hetero) is 1. The van der Waals surface area contributed by atoms with E-state index < -0.39 is 10.8 Å². The highest BCUT2D eigenvalue weighted by atomic mass is 33.1. The summed E-state index contributed by atoms with van der Waals surface area (Å²) in [6.45, 7) is 10.2. The van der Waals surface area contributed by atoms with Crippen LogP contribution in [0.25, 0.3) is 17.0 Å². The number of imidazole rings is 1. The number of carbonyl (C=O) groups is 1. The molecule has 0 saturated heterocycles. The number of ether oxygens (including phenoxy) is 1. The zero-order valence-electron chi connectivity index (χ0n) is 20.9. The summed E-state index contributed by atoms with van der Waals surface area (Å²) in [5.74, 6) is 2.84. The fourth-order valence-corrected chi connectivity index (χ4v) is 8.61. The van der Waals surface area contributed by atoms with E-state index in [9.17, 15) is 4.79 Å². The van der Waals surface area contributed by atoms with Gasteiger partial charge in [-0.1, -0.05) is 39.4 Å². The minimum Gasteiger partial charge on any atom is -0.496 e. The van der Waals surface area contributed by atoms with Crippen molar-refractivity contribution in [3.63, 3.8) is 0 Å². The van der Waals surface area contributed by atoms with Crippen LogP contribution in [0.15, 0.2) is 24.4 Å². The van der Waals surface area contributed by atoms with Crippen LogP contribution >= 0.6 is 21.6 Å². The molecule has 0 unspecified atom stereocenters. The minimum absolute atomic E-state index is 0.266. The SMILES string of the molecule is COc1cc[n+](-c2nc3cc4c(cc3[nH]2)C(C)(C)C(=O)C4(C)C)c(CSSC2CCCC2)c1C. The van der Waals surface area contributed by atoms with Gasteiger partial charge in [-0.05, 0) is 70.7 Å². The van der Waals surface area contributed by atoms with E-state index in [2.05, 4.69) is 28.6 Å². The zero-order valence-corrected chi connectivity index (χ0v) is 22.6. The first kappa shape index (κ1) is 23.7. The number of aromatic amines is 1. The number of ketones is 1. The number of pyridine rings is 1. The number of hydrogen-bond acceptors (Lipinski definition) is 5. The van der Waals surface area contributed by atoms with Gasteiger partial charge in [0.2, 0.25) is 0 Å². The molecule has 0 radical (unpaired) electrons. The van der Waals surface area contributed by atoms with E-state index in [1.807, 2.05) is 61.5 Å². The lowest BCUT2D eigenvalue weighted by atomic mass is 9.80. The van der Waals surface area contributed by atoms with Gasteiger partial charge in [0, 0.05) is 27.7 Å². The van der Waals surface area contributed by atoms with Gasteiger partial charge in [0.05, 0.1) is 19.1 Å².